The van der Waals surface area contributed by atoms with E-state index in [9.17, 15) is 4.79 Å². The van der Waals surface area contributed by atoms with Gasteiger partial charge in [-0.1, -0.05) is 18.0 Å². The fourth-order valence-corrected chi connectivity index (χ4v) is 3.20. The zero-order valence-corrected chi connectivity index (χ0v) is 10.2. The highest BCUT2D eigenvalue weighted by Gasteiger charge is 2.37. The lowest BCUT2D eigenvalue weighted by atomic mass is 9.82. The Hall–Kier alpha value is -1.32. The Morgan fingerprint density at radius 3 is 2.53 bits per heavy atom. The normalized spacial score (nSPS) is 28.2. The quantitative estimate of drug-likeness (QED) is 0.748. The minimum absolute atomic E-state index is 0.0382. The minimum Gasteiger partial charge on any atom is -0.361 e. The molecule has 0 radical (unpaired) electrons. The molecular weight excluding hydrogens is 216 g/mol. The summed E-state index contributed by atoms with van der Waals surface area (Å²) in [5.74, 6) is 2.18. The monoisotopic (exact) mass is 234 g/mol. The molecular formula is C13H18N2O2. The van der Waals surface area contributed by atoms with E-state index in [1.54, 1.807) is 6.07 Å². The third kappa shape index (κ3) is 1.96. The number of aryl methyl sites for hydroxylation is 1. The Morgan fingerprint density at radius 2 is 2.00 bits per heavy atom. The van der Waals surface area contributed by atoms with E-state index in [0.29, 0.717) is 11.5 Å². The van der Waals surface area contributed by atoms with E-state index in [2.05, 4.69) is 5.16 Å². The Balaban J connectivity index is 1.71. The Bertz CT molecular complexity index is 413. The number of hydrogen-bond acceptors (Lipinski definition) is 3. The predicted molar refractivity (Wildman–Crippen MR) is 62.6 cm³/mol. The Labute approximate surface area is 101 Å². The van der Waals surface area contributed by atoms with Crippen molar-refractivity contribution < 1.29 is 9.32 Å². The molecule has 0 bridgehead atoms. The second-order valence-corrected chi connectivity index (χ2v) is 5.34. The summed E-state index contributed by atoms with van der Waals surface area (Å²) in [7, 11) is 0. The van der Waals surface area contributed by atoms with Gasteiger partial charge in [-0.15, -0.1) is 0 Å². The molecule has 0 spiro atoms. The van der Waals surface area contributed by atoms with Crippen LogP contribution in [0.1, 0.15) is 41.9 Å². The van der Waals surface area contributed by atoms with Gasteiger partial charge < -0.3 is 9.42 Å². The molecule has 4 heteroatoms. The van der Waals surface area contributed by atoms with Crippen LogP contribution in [0, 0.1) is 18.8 Å². The van der Waals surface area contributed by atoms with Crippen LogP contribution in [-0.2, 0) is 0 Å². The average molecular weight is 234 g/mol. The van der Waals surface area contributed by atoms with Crippen molar-refractivity contribution in [2.75, 3.05) is 13.1 Å². The van der Waals surface area contributed by atoms with Crippen molar-refractivity contribution >= 4 is 5.91 Å². The molecule has 1 aliphatic carbocycles. The summed E-state index contributed by atoms with van der Waals surface area (Å²) in [6.07, 6.45) is 5.22. The second-order valence-electron chi connectivity index (χ2n) is 5.34. The zero-order valence-electron chi connectivity index (χ0n) is 10.2. The minimum atomic E-state index is 0.0382. The van der Waals surface area contributed by atoms with Crippen LogP contribution in [0.5, 0.6) is 0 Å². The SMILES string of the molecule is Cc1cc(C(=O)N2CC3CCCCC3C2)no1. The molecule has 1 aromatic rings. The Kier molecular flexibility index (Phi) is 2.65. The number of fused-ring (bicyclic) bond motifs is 1. The van der Waals surface area contributed by atoms with Crippen LogP contribution < -0.4 is 0 Å². The molecule has 1 aliphatic heterocycles. The van der Waals surface area contributed by atoms with Gasteiger partial charge in [0.15, 0.2) is 5.69 Å². The molecule has 0 N–H and O–H groups in total. The van der Waals surface area contributed by atoms with Crippen LogP contribution in [-0.4, -0.2) is 29.1 Å². The van der Waals surface area contributed by atoms with Crippen molar-refractivity contribution in [3.8, 4) is 0 Å². The lowest BCUT2D eigenvalue weighted by Gasteiger charge is -2.22. The van der Waals surface area contributed by atoms with E-state index >= 15 is 0 Å². The number of nitrogens with zero attached hydrogens (tertiary/aromatic N) is 2. The predicted octanol–water partition coefficient (Wildman–Crippen LogP) is 2.25. The molecule has 1 aromatic heterocycles. The van der Waals surface area contributed by atoms with Crippen LogP contribution in [0.15, 0.2) is 10.6 Å². The van der Waals surface area contributed by atoms with Crippen LogP contribution in [0.25, 0.3) is 0 Å². The van der Waals surface area contributed by atoms with Gasteiger partial charge in [0.1, 0.15) is 5.76 Å². The maximum atomic E-state index is 12.2. The van der Waals surface area contributed by atoms with E-state index < -0.39 is 0 Å². The van der Waals surface area contributed by atoms with Gasteiger partial charge in [0, 0.05) is 19.2 Å². The fraction of sp³-hybridized carbons (Fsp3) is 0.692. The van der Waals surface area contributed by atoms with Crippen molar-refractivity contribution in [1.82, 2.24) is 10.1 Å². The molecule has 3 rings (SSSR count). The fourth-order valence-electron chi connectivity index (χ4n) is 3.20. The second kappa shape index (κ2) is 4.17. The topological polar surface area (TPSA) is 46.3 Å². The van der Waals surface area contributed by atoms with E-state index in [1.165, 1.54) is 25.7 Å². The summed E-state index contributed by atoms with van der Waals surface area (Å²) in [6.45, 7) is 3.64. The summed E-state index contributed by atoms with van der Waals surface area (Å²) >= 11 is 0. The van der Waals surface area contributed by atoms with E-state index in [4.69, 9.17) is 4.52 Å². The maximum absolute atomic E-state index is 12.2. The molecule has 0 aromatic carbocycles. The van der Waals surface area contributed by atoms with Crippen molar-refractivity contribution in [2.45, 2.75) is 32.6 Å². The van der Waals surface area contributed by atoms with Crippen molar-refractivity contribution in [3.05, 3.63) is 17.5 Å². The van der Waals surface area contributed by atoms with E-state index in [1.807, 2.05) is 11.8 Å². The summed E-state index contributed by atoms with van der Waals surface area (Å²) in [4.78, 5) is 14.2. The molecule has 1 saturated carbocycles. The molecule has 2 heterocycles. The molecule has 2 aliphatic rings. The number of amides is 1. The lowest BCUT2D eigenvalue weighted by Crippen LogP contribution is -2.29. The number of rotatable bonds is 1. The van der Waals surface area contributed by atoms with Gasteiger partial charge in [-0.3, -0.25) is 4.79 Å². The van der Waals surface area contributed by atoms with Crippen LogP contribution in [0.4, 0.5) is 0 Å². The third-order valence-electron chi connectivity index (χ3n) is 4.11. The van der Waals surface area contributed by atoms with Gasteiger partial charge in [-0.2, -0.15) is 0 Å². The number of hydrogen-bond donors (Lipinski definition) is 0. The summed E-state index contributed by atoms with van der Waals surface area (Å²) < 4.78 is 4.97. The van der Waals surface area contributed by atoms with Gasteiger partial charge >= 0.3 is 0 Å². The highest BCUT2D eigenvalue weighted by molar-refractivity contribution is 5.92. The summed E-state index contributed by atoms with van der Waals surface area (Å²) in [5.41, 5.74) is 0.459. The van der Waals surface area contributed by atoms with Crippen LogP contribution >= 0.6 is 0 Å². The molecule has 92 valence electrons. The molecule has 1 saturated heterocycles. The van der Waals surface area contributed by atoms with Crippen molar-refractivity contribution in [3.63, 3.8) is 0 Å². The van der Waals surface area contributed by atoms with Crippen LogP contribution in [0.3, 0.4) is 0 Å². The number of likely N-dealkylation sites (tertiary alicyclic amines) is 1. The van der Waals surface area contributed by atoms with E-state index in [-0.39, 0.29) is 5.91 Å². The lowest BCUT2D eigenvalue weighted by molar-refractivity contribution is 0.0773. The standard InChI is InChI=1S/C13H18N2O2/c1-9-6-12(14-17-9)13(16)15-7-10-4-2-3-5-11(10)8-15/h6,10-11H,2-5,7-8H2,1H3. The van der Waals surface area contributed by atoms with Crippen molar-refractivity contribution in [1.29, 1.82) is 0 Å². The Morgan fingerprint density at radius 1 is 1.35 bits per heavy atom. The first kappa shape index (κ1) is 10.8. The third-order valence-corrected chi connectivity index (χ3v) is 4.11. The maximum Gasteiger partial charge on any atom is 0.276 e. The number of carbonyl (C=O) groups excluding carboxylic acids is 1. The highest BCUT2D eigenvalue weighted by atomic mass is 16.5. The van der Waals surface area contributed by atoms with Gasteiger partial charge in [-0.25, -0.2) is 0 Å². The largest absolute Gasteiger partial charge is 0.361 e. The average Bonchev–Trinajstić information content (AvgIpc) is 2.93. The molecule has 4 nitrogen and oxygen atoms in total. The van der Waals surface area contributed by atoms with Crippen molar-refractivity contribution in [2.24, 2.45) is 11.8 Å². The molecule has 2 unspecified atom stereocenters. The highest BCUT2D eigenvalue weighted by Crippen LogP contribution is 2.36. The van der Waals surface area contributed by atoms with Gasteiger partial charge in [0.25, 0.3) is 5.91 Å². The first-order valence-electron chi connectivity index (χ1n) is 6.46. The van der Waals surface area contributed by atoms with Gasteiger partial charge in [-0.05, 0) is 31.6 Å². The molecule has 2 fully saturated rings. The summed E-state index contributed by atoms with van der Waals surface area (Å²) in [6, 6.07) is 1.73. The zero-order chi connectivity index (χ0) is 11.8. The van der Waals surface area contributed by atoms with Crippen LogP contribution in [0.2, 0.25) is 0 Å². The number of carbonyl (C=O) groups is 1. The summed E-state index contributed by atoms with van der Waals surface area (Å²) in [5, 5.41) is 3.81. The first-order valence-corrected chi connectivity index (χ1v) is 6.46. The van der Waals surface area contributed by atoms with Gasteiger partial charge in [0.2, 0.25) is 0 Å². The molecule has 2 atom stereocenters. The molecule has 1 amide bonds. The van der Waals surface area contributed by atoms with E-state index in [0.717, 1.165) is 24.9 Å². The number of aromatic nitrogens is 1. The van der Waals surface area contributed by atoms with Gasteiger partial charge in [0.05, 0.1) is 0 Å². The smallest absolute Gasteiger partial charge is 0.276 e. The molecule has 17 heavy (non-hydrogen) atoms. The first-order chi connectivity index (χ1) is 8.24.